The third kappa shape index (κ3) is 5.53. The Bertz CT molecular complexity index is 915. The highest BCUT2D eigenvalue weighted by Gasteiger charge is 2.28. The zero-order valence-corrected chi connectivity index (χ0v) is 16.2. The highest BCUT2D eigenvalue weighted by molar-refractivity contribution is 5.89. The molecule has 1 amide bonds. The predicted molar refractivity (Wildman–Crippen MR) is 112 cm³/mol. The van der Waals surface area contributed by atoms with Crippen LogP contribution in [0.5, 0.6) is 0 Å². The number of nitrogens with one attached hydrogen (secondary N) is 2. The Balaban J connectivity index is 1.82. The molecule has 0 saturated carbocycles. The van der Waals surface area contributed by atoms with Crippen LogP contribution in [-0.4, -0.2) is 19.0 Å². The van der Waals surface area contributed by atoms with Crippen molar-refractivity contribution < 1.29 is 14.3 Å². The van der Waals surface area contributed by atoms with Crippen molar-refractivity contribution in [3.05, 3.63) is 108 Å². The number of methoxy groups -OCH3 is 1. The molecule has 5 heteroatoms. The van der Waals surface area contributed by atoms with Gasteiger partial charge in [-0.2, -0.15) is 0 Å². The van der Waals surface area contributed by atoms with Crippen LogP contribution in [0.3, 0.4) is 0 Å². The molecular weight excluding hydrogens is 364 g/mol. The Hall–Kier alpha value is -3.44. The van der Waals surface area contributed by atoms with Gasteiger partial charge in [-0.25, -0.2) is 4.79 Å². The van der Waals surface area contributed by atoms with Crippen LogP contribution in [0.4, 0.5) is 0 Å². The first-order valence-corrected chi connectivity index (χ1v) is 9.44. The summed E-state index contributed by atoms with van der Waals surface area (Å²) < 4.78 is 4.91. The normalized spacial score (nSPS) is 12.6. The molecule has 29 heavy (non-hydrogen) atoms. The Labute approximate surface area is 170 Å². The van der Waals surface area contributed by atoms with E-state index in [0.29, 0.717) is 12.1 Å². The van der Waals surface area contributed by atoms with E-state index in [0.717, 1.165) is 11.1 Å². The van der Waals surface area contributed by atoms with Gasteiger partial charge >= 0.3 is 5.97 Å². The molecule has 0 saturated heterocycles. The molecule has 0 aliphatic heterocycles. The molecule has 0 fully saturated rings. The van der Waals surface area contributed by atoms with E-state index >= 15 is 0 Å². The first-order valence-electron chi connectivity index (χ1n) is 9.44. The third-order valence-corrected chi connectivity index (χ3v) is 4.60. The van der Waals surface area contributed by atoms with E-state index in [1.54, 1.807) is 12.1 Å². The number of ether oxygens (including phenoxy) is 1. The summed E-state index contributed by atoms with van der Waals surface area (Å²) in [6, 6.07) is 26.9. The maximum Gasteiger partial charge on any atom is 0.333 e. The second-order valence-electron chi connectivity index (χ2n) is 6.59. The van der Waals surface area contributed by atoms with Crippen LogP contribution >= 0.6 is 0 Å². The maximum atomic E-state index is 13.2. The lowest BCUT2D eigenvalue weighted by molar-refractivity contribution is -0.145. The number of carbonyl (C=O) groups is 2. The SMILES string of the molecule is COC(=O)[C@@H](NC(=O)[C@@H](NCc1ccccc1)c1ccccc1)c1ccccc1. The zero-order valence-electron chi connectivity index (χ0n) is 16.2. The lowest BCUT2D eigenvalue weighted by atomic mass is 10.0. The molecule has 0 spiro atoms. The van der Waals surface area contributed by atoms with Gasteiger partial charge in [-0.3, -0.25) is 10.1 Å². The minimum absolute atomic E-state index is 0.300. The van der Waals surface area contributed by atoms with Gasteiger partial charge in [0.2, 0.25) is 5.91 Å². The molecule has 2 N–H and O–H groups in total. The highest BCUT2D eigenvalue weighted by atomic mass is 16.5. The fourth-order valence-corrected chi connectivity index (χ4v) is 3.09. The lowest BCUT2D eigenvalue weighted by Crippen LogP contribution is -2.42. The molecule has 0 aliphatic carbocycles. The summed E-state index contributed by atoms with van der Waals surface area (Å²) in [5.74, 6) is -0.814. The van der Waals surface area contributed by atoms with E-state index in [-0.39, 0.29) is 5.91 Å². The smallest absolute Gasteiger partial charge is 0.333 e. The van der Waals surface area contributed by atoms with Gasteiger partial charge in [-0.1, -0.05) is 91.0 Å². The molecule has 0 radical (unpaired) electrons. The molecule has 0 heterocycles. The van der Waals surface area contributed by atoms with Crippen LogP contribution in [0.25, 0.3) is 0 Å². The first kappa shape index (κ1) is 20.3. The van der Waals surface area contributed by atoms with Gasteiger partial charge in [-0.15, -0.1) is 0 Å². The lowest BCUT2D eigenvalue weighted by Gasteiger charge is -2.23. The van der Waals surface area contributed by atoms with Gasteiger partial charge in [0.25, 0.3) is 0 Å². The van der Waals surface area contributed by atoms with Gasteiger partial charge in [0.05, 0.1) is 7.11 Å². The van der Waals surface area contributed by atoms with Crippen LogP contribution in [0.15, 0.2) is 91.0 Å². The van der Waals surface area contributed by atoms with Crippen molar-refractivity contribution in [3.63, 3.8) is 0 Å². The van der Waals surface area contributed by atoms with E-state index in [9.17, 15) is 9.59 Å². The molecule has 3 aromatic rings. The van der Waals surface area contributed by atoms with Crippen LogP contribution in [0, 0.1) is 0 Å². The van der Waals surface area contributed by atoms with Crippen molar-refractivity contribution in [2.75, 3.05) is 7.11 Å². The van der Waals surface area contributed by atoms with Crippen LogP contribution in [0.1, 0.15) is 28.8 Å². The fourth-order valence-electron chi connectivity index (χ4n) is 3.09. The van der Waals surface area contributed by atoms with Gasteiger partial charge in [0, 0.05) is 6.54 Å². The van der Waals surface area contributed by atoms with E-state index in [4.69, 9.17) is 4.74 Å². The number of rotatable bonds is 8. The highest BCUT2D eigenvalue weighted by Crippen LogP contribution is 2.19. The number of benzene rings is 3. The quantitative estimate of drug-likeness (QED) is 0.579. The monoisotopic (exact) mass is 388 g/mol. The standard InChI is InChI=1S/C24H24N2O3/c1-29-24(28)22(20-15-9-4-10-16-20)26-23(27)21(19-13-7-3-8-14-19)25-17-18-11-5-2-6-12-18/h2-16,21-22,25H,17H2,1H3,(H,26,27)/t21-,22-/m0/s1. The summed E-state index contributed by atoms with van der Waals surface area (Å²) in [6.07, 6.45) is 0. The van der Waals surface area contributed by atoms with E-state index in [1.807, 2.05) is 78.9 Å². The molecule has 3 rings (SSSR count). The van der Waals surface area contributed by atoms with Crippen LogP contribution in [0.2, 0.25) is 0 Å². The minimum atomic E-state index is -0.876. The molecule has 2 atom stereocenters. The Morgan fingerprint density at radius 2 is 1.24 bits per heavy atom. The Morgan fingerprint density at radius 3 is 1.76 bits per heavy atom. The molecule has 148 valence electrons. The largest absolute Gasteiger partial charge is 0.467 e. The number of hydrogen-bond donors (Lipinski definition) is 2. The summed E-state index contributed by atoms with van der Waals surface area (Å²) in [5, 5.41) is 6.14. The third-order valence-electron chi connectivity index (χ3n) is 4.60. The van der Waals surface area contributed by atoms with Crippen LogP contribution < -0.4 is 10.6 Å². The number of amides is 1. The van der Waals surface area contributed by atoms with E-state index in [2.05, 4.69) is 10.6 Å². The molecular formula is C24H24N2O3. The second kappa shape index (κ2) is 10.2. The topological polar surface area (TPSA) is 67.4 Å². The van der Waals surface area contributed by atoms with E-state index < -0.39 is 18.1 Å². The molecule has 0 bridgehead atoms. The zero-order chi connectivity index (χ0) is 20.5. The predicted octanol–water partition coefficient (Wildman–Crippen LogP) is 3.55. The summed E-state index contributed by atoms with van der Waals surface area (Å²) in [4.78, 5) is 25.5. The molecule has 0 unspecified atom stereocenters. The summed E-state index contributed by atoms with van der Waals surface area (Å²) >= 11 is 0. The average molecular weight is 388 g/mol. The van der Waals surface area contributed by atoms with Crippen molar-refractivity contribution >= 4 is 11.9 Å². The van der Waals surface area contributed by atoms with Crippen molar-refractivity contribution in [1.29, 1.82) is 0 Å². The van der Waals surface area contributed by atoms with Crippen molar-refractivity contribution in [2.24, 2.45) is 0 Å². The summed E-state index contributed by atoms with van der Waals surface area (Å²) in [6.45, 7) is 0.516. The Morgan fingerprint density at radius 1 is 0.759 bits per heavy atom. The van der Waals surface area contributed by atoms with Gasteiger partial charge < -0.3 is 10.1 Å². The molecule has 5 nitrogen and oxygen atoms in total. The Kier molecular flexibility index (Phi) is 7.14. The number of hydrogen-bond acceptors (Lipinski definition) is 4. The molecule has 0 aromatic heterocycles. The van der Waals surface area contributed by atoms with Gasteiger partial charge in [0.1, 0.15) is 6.04 Å². The van der Waals surface area contributed by atoms with Crippen molar-refractivity contribution in [3.8, 4) is 0 Å². The van der Waals surface area contributed by atoms with Gasteiger partial charge in [0.15, 0.2) is 6.04 Å². The van der Waals surface area contributed by atoms with E-state index in [1.165, 1.54) is 7.11 Å². The summed E-state index contributed by atoms with van der Waals surface area (Å²) in [7, 11) is 1.31. The van der Waals surface area contributed by atoms with Gasteiger partial charge in [-0.05, 0) is 16.7 Å². The maximum absolute atomic E-state index is 13.2. The van der Waals surface area contributed by atoms with Crippen LogP contribution in [-0.2, 0) is 20.9 Å². The first-order chi connectivity index (χ1) is 14.2. The van der Waals surface area contributed by atoms with Crippen molar-refractivity contribution in [1.82, 2.24) is 10.6 Å². The second-order valence-corrected chi connectivity index (χ2v) is 6.59. The molecule has 3 aromatic carbocycles. The van der Waals surface area contributed by atoms with Crippen molar-refractivity contribution in [2.45, 2.75) is 18.6 Å². The summed E-state index contributed by atoms with van der Waals surface area (Å²) in [5.41, 5.74) is 2.55. The molecule has 0 aliphatic rings. The number of carbonyl (C=O) groups excluding carboxylic acids is 2. The minimum Gasteiger partial charge on any atom is -0.467 e. The number of esters is 1. The average Bonchev–Trinajstić information content (AvgIpc) is 2.79. The fraction of sp³-hybridized carbons (Fsp3) is 0.167.